The van der Waals surface area contributed by atoms with Crippen molar-refractivity contribution in [2.45, 2.75) is 89.7 Å². The Morgan fingerprint density at radius 2 is 1.53 bits per heavy atom. The Kier molecular flexibility index (Phi) is 17.3. The molecule has 6 nitrogen and oxygen atoms in total. The summed E-state index contributed by atoms with van der Waals surface area (Å²) >= 11 is 0. The number of benzene rings is 1. The maximum atomic E-state index is 13.1. The molecular weight excluding hydrogens is 408 g/mol. The molecule has 0 saturated heterocycles. The summed E-state index contributed by atoms with van der Waals surface area (Å²) in [4.78, 5) is 25.4. The molecule has 1 atom stereocenters. The van der Waals surface area contributed by atoms with Crippen molar-refractivity contribution in [1.29, 1.82) is 0 Å². The minimum Gasteiger partial charge on any atom is -0.497 e. The molecule has 0 aliphatic rings. The number of esters is 2. The van der Waals surface area contributed by atoms with Crippen LogP contribution in [-0.4, -0.2) is 37.4 Å². The van der Waals surface area contributed by atoms with E-state index in [0.29, 0.717) is 12.2 Å². The third-order valence-corrected chi connectivity index (χ3v) is 5.10. The second kappa shape index (κ2) is 14.9. The third-order valence-electron chi connectivity index (χ3n) is 5.10. The van der Waals surface area contributed by atoms with Crippen molar-refractivity contribution in [3.63, 3.8) is 0 Å². The molecule has 1 N–H and O–H groups in total. The molecule has 0 spiro atoms. The summed E-state index contributed by atoms with van der Waals surface area (Å²) < 4.78 is 16.2. The van der Waals surface area contributed by atoms with E-state index < -0.39 is 22.4 Å². The molecule has 6 heteroatoms. The molecule has 1 aromatic rings. The Labute approximate surface area is 197 Å². The summed E-state index contributed by atoms with van der Waals surface area (Å²) in [5.74, 6) is -0.125. The van der Waals surface area contributed by atoms with Gasteiger partial charge >= 0.3 is 11.9 Å². The molecule has 0 bridgehead atoms. The van der Waals surface area contributed by atoms with Gasteiger partial charge in [0.1, 0.15) is 18.0 Å². The summed E-state index contributed by atoms with van der Waals surface area (Å²) in [5, 5.41) is 8.86. The fourth-order valence-electron chi connectivity index (χ4n) is 3.13. The van der Waals surface area contributed by atoms with Crippen LogP contribution >= 0.6 is 0 Å². The van der Waals surface area contributed by atoms with Crippen molar-refractivity contribution in [1.82, 2.24) is 0 Å². The van der Waals surface area contributed by atoms with Crippen LogP contribution in [0.2, 0.25) is 0 Å². The number of rotatable bonds is 10. The molecular formula is C26H50O6. The van der Waals surface area contributed by atoms with Gasteiger partial charge in [0.2, 0.25) is 0 Å². The summed E-state index contributed by atoms with van der Waals surface area (Å²) in [6.07, 6.45) is 0.782. The predicted octanol–water partition coefficient (Wildman–Crippen LogP) is 6.39. The molecule has 1 unspecified atom stereocenters. The highest BCUT2D eigenvalue weighted by Crippen LogP contribution is 2.40. The monoisotopic (exact) mass is 458 g/mol. The lowest BCUT2D eigenvalue weighted by molar-refractivity contribution is -0.174. The van der Waals surface area contributed by atoms with Crippen molar-refractivity contribution in [2.75, 3.05) is 20.3 Å². The first-order valence-corrected chi connectivity index (χ1v) is 9.58. The van der Waals surface area contributed by atoms with Crippen LogP contribution in [0, 0.1) is 10.8 Å². The minimum absolute atomic E-state index is 0. The van der Waals surface area contributed by atoms with Gasteiger partial charge in [-0.15, -0.1) is 0 Å². The average molecular weight is 459 g/mol. The van der Waals surface area contributed by atoms with Gasteiger partial charge in [-0.3, -0.25) is 9.59 Å². The summed E-state index contributed by atoms with van der Waals surface area (Å²) in [5.41, 5.74) is -1.79. The smallest absolute Gasteiger partial charge is 0.312 e. The van der Waals surface area contributed by atoms with Gasteiger partial charge in [-0.25, -0.2) is 0 Å². The highest BCUT2D eigenvalue weighted by atomic mass is 16.6. The van der Waals surface area contributed by atoms with Crippen molar-refractivity contribution in [3.05, 3.63) is 29.8 Å². The SMILES string of the molecule is C.C.C.C.CCC(C)(CC(C)(C)C(=O)OCCO)C(=O)OC(C)(C)c1cccc(OC)c1. The van der Waals surface area contributed by atoms with Crippen LogP contribution in [0.1, 0.15) is 89.7 Å². The van der Waals surface area contributed by atoms with Crippen LogP contribution in [0.5, 0.6) is 5.75 Å². The van der Waals surface area contributed by atoms with Gasteiger partial charge in [0.05, 0.1) is 24.5 Å². The van der Waals surface area contributed by atoms with E-state index in [2.05, 4.69) is 0 Å². The molecule has 0 radical (unpaired) electrons. The van der Waals surface area contributed by atoms with Gasteiger partial charge in [-0.2, -0.15) is 0 Å². The second-order valence-corrected chi connectivity index (χ2v) is 8.47. The first-order chi connectivity index (χ1) is 12.9. The van der Waals surface area contributed by atoms with Crippen molar-refractivity contribution in [2.24, 2.45) is 10.8 Å². The molecule has 0 amide bonds. The van der Waals surface area contributed by atoms with Crippen LogP contribution in [0.15, 0.2) is 24.3 Å². The summed E-state index contributed by atoms with van der Waals surface area (Å²) in [7, 11) is 1.59. The van der Waals surface area contributed by atoms with Crippen molar-refractivity contribution >= 4 is 11.9 Å². The third kappa shape index (κ3) is 9.60. The van der Waals surface area contributed by atoms with Gasteiger partial charge in [-0.05, 0) is 65.2 Å². The number of carbonyl (C=O) groups excluding carboxylic acids is 2. The Morgan fingerprint density at radius 1 is 0.969 bits per heavy atom. The molecule has 1 rings (SSSR count). The van der Waals surface area contributed by atoms with E-state index in [1.807, 2.05) is 45.0 Å². The number of ether oxygens (including phenoxy) is 3. The lowest BCUT2D eigenvalue weighted by Crippen LogP contribution is -2.41. The largest absolute Gasteiger partial charge is 0.497 e. The Bertz CT molecular complexity index is 681. The van der Waals surface area contributed by atoms with Crippen LogP contribution in [0.3, 0.4) is 0 Å². The number of hydrogen-bond donors (Lipinski definition) is 1. The Balaban J connectivity index is -0.000000980. The first kappa shape index (κ1) is 37.2. The van der Waals surface area contributed by atoms with Crippen LogP contribution < -0.4 is 4.74 Å². The molecule has 190 valence electrons. The molecule has 0 aliphatic carbocycles. The average Bonchev–Trinajstić information content (AvgIpc) is 2.65. The van der Waals surface area contributed by atoms with Gasteiger partial charge < -0.3 is 19.3 Å². The number of aliphatic hydroxyl groups is 1. The zero-order valence-electron chi connectivity index (χ0n) is 18.1. The van der Waals surface area contributed by atoms with Crippen LogP contribution in [-0.2, 0) is 24.7 Å². The molecule has 1 aromatic carbocycles. The van der Waals surface area contributed by atoms with E-state index in [-0.39, 0.29) is 55.3 Å². The number of methoxy groups -OCH3 is 1. The van der Waals surface area contributed by atoms with E-state index in [1.54, 1.807) is 27.9 Å². The summed E-state index contributed by atoms with van der Waals surface area (Å²) in [6, 6.07) is 7.41. The molecule has 0 saturated carbocycles. The number of carbonyl (C=O) groups is 2. The molecule has 0 heterocycles. The zero-order valence-corrected chi connectivity index (χ0v) is 18.1. The normalized spacial score (nSPS) is 12.4. The maximum absolute atomic E-state index is 13.1. The standard InChI is InChI=1S/C22H34O6.4CH4/c1-8-22(6,15-20(2,3)18(24)27-13-12-23)19(25)28-21(4,5)16-10-9-11-17(14-16)26-7;;;;/h9-11,14,23H,8,12-13,15H2,1-7H3;4*1H4. The van der Waals surface area contributed by atoms with Gasteiger partial charge in [0.25, 0.3) is 0 Å². The fraction of sp³-hybridized carbons (Fsp3) is 0.692. The lowest BCUT2D eigenvalue weighted by atomic mass is 9.72. The Morgan fingerprint density at radius 3 is 2.00 bits per heavy atom. The van der Waals surface area contributed by atoms with E-state index in [4.69, 9.17) is 19.3 Å². The molecule has 32 heavy (non-hydrogen) atoms. The van der Waals surface area contributed by atoms with Crippen molar-refractivity contribution < 1.29 is 28.9 Å². The highest BCUT2D eigenvalue weighted by Gasteiger charge is 2.44. The maximum Gasteiger partial charge on any atom is 0.312 e. The topological polar surface area (TPSA) is 82.1 Å². The van der Waals surface area contributed by atoms with Crippen LogP contribution in [0.25, 0.3) is 0 Å². The highest BCUT2D eigenvalue weighted by molar-refractivity contribution is 5.80. The second-order valence-electron chi connectivity index (χ2n) is 8.47. The first-order valence-electron chi connectivity index (χ1n) is 9.58. The Hall–Kier alpha value is -2.08. The lowest BCUT2D eigenvalue weighted by Gasteiger charge is -2.36. The molecule has 0 aromatic heterocycles. The van der Waals surface area contributed by atoms with E-state index in [0.717, 1.165) is 5.56 Å². The molecule has 0 fully saturated rings. The van der Waals surface area contributed by atoms with Crippen molar-refractivity contribution in [3.8, 4) is 5.75 Å². The quantitative estimate of drug-likeness (QED) is 0.409. The van der Waals surface area contributed by atoms with Gasteiger partial charge in [0.15, 0.2) is 0 Å². The van der Waals surface area contributed by atoms with Gasteiger partial charge in [0, 0.05) is 0 Å². The number of aliphatic hydroxyl groups excluding tert-OH is 1. The molecule has 0 aliphatic heterocycles. The zero-order chi connectivity index (χ0) is 21.6. The number of hydrogen-bond acceptors (Lipinski definition) is 6. The summed E-state index contributed by atoms with van der Waals surface area (Å²) in [6.45, 7) is 10.5. The van der Waals surface area contributed by atoms with E-state index in [9.17, 15) is 9.59 Å². The van der Waals surface area contributed by atoms with Crippen LogP contribution in [0.4, 0.5) is 0 Å². The predicted molar refractivity (Wildman–Crippen MR) is 134 cm³/mol. The van der Waals surface area contributed by atoms with E-state index >= 15 is 0 Å². The minimum atomic E-state index is -0.890. The fourth-order valence-corrected chi connectivity index (χ4v) is 3.13. The van der Waals surface area contributed by atoms with Gasteiger partial charge in [-0.1, -0.05) is 48.8 Å². The van der Waals surface area contributed by atoms with E-state index in [1.165, 1.54) is 0 Å².